The van der Waals surface area contributed by atoms with Gasteiger partial charge >= 0.3 is 0 Å². The van der Waals surface area contributed by atoms with Crippen LogP contribution in [0, 0.1) is 11.8 Å². The average Bonchev–Trinajstić information content (AvgIpc) is 3.54. The molecule has 37 heavy (non-hydrogen) atoms. The van der Waals surface area contributed by atoms with E-state index in [9.17, 15) is 4.79 Å². The van der Waals surface area contributed by atoms with Crippen LogP contribution < -0.4 is 11.1 Å². The molecule has 2 fully saturated rings. The summed E-state index contributed by atoms with van der Waals surface area (Å²) in [5.41, 5.74) is 10.5. The Balaban J connectivity index is 1.26. The first kappa shape index (κ1) is 23.1. The van der Waals surface area contributed by atoms with Gasteiger partial charge in [-0.1, -0.05) is 18.1 Å². The molecule has 1 saturated heterocycles. The molecule has 0 bridgehead atoms. The Labute approximate surface area is 215 Å². The average molecular weight is 493 g/mol. The molecule has 4 aromatic rings. The number of nitrogens with zero attached hydrogens (tertiary/aromatic N) is 6. The van der Waals surface area contributed by atoms with Gasteiger partial charge in [-0.3, -0.25) is 9.69 Å². The van der Waals surface area contributed by atoms with Gasteiger partial charge in [0, 0.05) is 29.8 Å². The number of fused-ring (bicyclic) bond motifs is 1. The summed E-state index contributed by atoms with van der Waals surface area (Å²) in [5, 5.41) is 2.91. The molecule has 3 aromatic heterocycles. The lowest BCUT2D eigenvalue weighted by atomic mass is 10.1. The van der Waals surface area contributed by atoms with Crippen LogP contribution in [0.2, 0.25) is 0 Å². The summed E-state index contributed by atoms with van der Waals surface area (Å²) in [6, 6.07) is 11.3. The molecule has 3 N–H and O–H groups in total. The van der Waals surface area contributed by atoms with Crippen molar-refractivity contribution in [3.05, 3.63) is 65.7 Å². The van der Waals surface area contributed by atoms with Gasteiger partial charge < -0.3 is 11.1 Å². The topological polar surface area (TPSA) is 114 Å². The third-order valence-electron chi connectivity index (χ3n) is 7.10. The lowest BCUT2D eigenvalue weighted by molar-refractivity contribution is 0.102. The zero-order chi connectivity index (χ0) is 25.4. The van der Waals surface area contributed by atoms with Gasteiger partial charge in [-0.05, 0) is 68.5 Å². The number of imidazole rings is 1. The number of nitrogens with one attached hydrogen (secondary N) is 1. The number of carbonyl (C=O) groups is 1. The molecule has 4 heterocycles. The van der Waals surface area contributed by atoms with Gasteiger partial charge in [0.05, 0.1) is 12.2 Å². The third kappa shape index (κ3) is 4.63. The van der Waals surface area contributed by atoms with Crippen LogP contribution in [0.15, 0.2) is 48.9 Å². The minimum absolute atomic E-state index is 0.204. The summed E-state index contributed by atoms with van der Waals surface area (Å²) in [6.07, 6.45) is 6.61. The number of pyridine rings is 1. The van der Waals surface area contributed by atoms with E-state index in [1.807, 2.05) is 31.2 Å². The minimum Gasteiger partial charge on any atom is -0.369 e. The second-order valence-corrected chi connectivity index (χ2v) is 9.64. The van der Waals surface area contributed by atoms with Crippen LogP contribution in [0.3, 0.4) is 0 Å². The van der Waals surface area contributed by atoms with Gasteiger partial charge in [-0.25, -0.2) is 24.3 Å². The van der Waals surface area contributed by atoms with Gasteiger partial charge in [0.1, 0.15) is 18.0 Å². The van der Waals surface area contributed by atoms with E-state index >= 15 is 0 Å². The highest BCUT2D eigenvalue weighted by Crippen LogP contribution is 2.40. The van der Waals surface area contributed by atoms with Crippen molar-refractivity contribution in [1.82, 2.24) is 29.2 Å². The molecule has 1 unspecified atom stereocenters. The van der Waals surface area contributed by atoms with E-state index in [-0.39, 0.29) is 11.8 Å². The smallest absolute Gasteiger partial charge is 0.256 e. The van der Waals surface area contributed by atoms with Gasteiger partial charge in [0.15, 0.2) is 5.65 Å². The standard InChI is InChI=1S/C28H28N8O/c1-2-3-13-35-14-11-22(16-35)24-26-31-17-32-28(29)36(26)25(34-24)19-6-8-20(9-7-19)27(37)33-23-15-21(10-12-30-23)18-4-5-18/h6-10,12,15,17-18,22H,4-5,11,13-14,16H2,1H3,(H2,29,31,32)(H,30,33,37). The molecule has 2 aliphatic rings. The first-order chi connectivity index (χ1) is 18.1. The van der Waals surface area contributed by atoms with E-state index < -0.39 is 0 Å². The van der Waals surface area contributed by atoms with Gasteiger partial charge in [-0.15, -0.1) is 5.92 Å². The van der Waals surface area contributed by atoms with Crippen molar-refractivity contribution < 1.29 is 4.79 Å². The Bertz CT molecular complexity index is 1530. The fourth-order valence-corrected chi connectivity index (χ4v) is 4.97. The fourth-order valence-electron chi connectivity index (χ4n) is 4.97. The Morgan fingerprint density at radius 3 is 2.73 bits per heavy atom. The van der Waals surface area contributed by atoms with E-state index in [1.165, 1.54) is 24.7 Å². The summed E-state index contributed by atoms with van der Waals surface area (Å²) in [4.78, 5) is 33.2. The predicted octanol–water partition coefficient (Wildman–Crippen LogP) is 3.71. The van der Waals surface area contributed by atoms with Crippen LogP contribution >= 0.6 is 0 Å². The molecule has 1 aromatic carbocycles. The monoisotopic (exact) mass is 492 g/mol. The molecule has 1 aliphatic heterocycles. The molecular weight excluding hydrogens is 464 g/mol. The van der Waals surface area contributed by atoms with Crippen molar-refractivity contribution in [2.45, 2.75) is 38.0 Å². The maximum Gasteiger partial charge on any atom is 0.256 e. The number of amides is 1. The molecular formula is C28H28N8O. The number of aromatic nitrogens is 5. The summed E-state index contributed by atoms with van der Waals surface area (Å²) < 4.78 is 1.80. The van der Waals surface area contributed by atoms with Crippen LogP contribution in [0.25, 0.3) is 17.0 Å². The fraction of sp³-hybridized carbons (Fsp3) is 0.321. The van der Waals surface area contributed by atoms with E-state index in [0.717, 1.165) is 43.0 Å². The molecule has 6 rings (SSSR count). The third-order valence-corrected chi connectivity index (χ3v) is 7.10. The number of anilines is 2. The number of benzene rings is 1. The summed E-state index contributed by atoms with van der Waals surface area (Å²) in [7, 11) is 0. The molecule has 1 saturated carbocycles. The lowest BCUT2D eigenvalue weighted by Gasteiger charge is -2.11. The summed E-state index contributed by atoms with van der Waals surface area (Å²) >= 11 is 0. The first-order valence-corrected chi connectivity index (χ1v) is 12.6. The largest absolute Gasteiger partial charge is 0.369 e. The maximum absolute atomic E-state index is 12.9. The maximum atomic E-state index is 12.9. The van der Waals surface area contributed by atoms with Crippen LogP contribution in [-0.4, -0.2) is 54.8 Å². The zero-order valence-corrected chi connectivity index (χ0v) is 20.7. The number of likely N-dealkylation sites (tertiary alicyclic amines) is 1. The second-order valence-electron chi connectivity index (χ2n) is 9.64. The number of carbonyl (C=O) groups excluding carboxylic acids is 1. The molecule has 9 heteroatoms. The van der Waals surface area contributed by atoms with Crippen molar-refractivity contribution in [2.24, 2.45) is 0 Å². The predicted molar refractivity (Wildman–Crippen MR) is 142 cm³/mol. The molecule has 0 radical (unpaired) electrons. The highest BCUT2D eigenvalue weighted by Gasteiger charge is 2.29. The number of hydrogen-bond donors (Lipinski definition) is 2. The Morgan fingerprint density at radius 1 is 1.11 bits per heavy atom. The quantitative estimate of drug-likeness (QED) is 0.394. The van der Waals surface area contributed by atoms with Crippen LogP contribution in [0.1, 0.15) is 59.6 Å². The number of nitrogens with two attached hydrogens (primary N) is 1. The van der Waals surface area contributed by atoms with Crippen molar-refractivity contribution in [3.63, 3.8) is 0 Å². The van der Waals surface area contributed by atoms with Crippen molar-refractivity contribution >= 4 is 23.3 Å². The van der Waals surface area contributed by atoms with Gasteiger partial charge in [0.2, 0.25) is 5.95 Å². The molecule has 186 valence electrons. The molecule has 0 spiro atoms. The van der Waals surface area contributed by atoms with E-state index in [1.54, 1.807) is 22.7 Å². The zero-order valence-electron chi connectivity index (χ0n) is 20.7. The molecule has 1 amide bonds. The Morgan fingerprint density at radius 2 is 1.95 bits per heavy atom. The number of nitrogen functional groups attached to an aromatic ring is 1. The van der Waals surface area contributed by atoms with E-state index in [0.29, 0.717) is 29.1 Å². The first-order valence-electron chi connectivity index (χ1n) is 12.6. The van der Waals surface area contributed by atoms with Crippen molar-refractivity contribution in [3.8, 4) is 23.2 Å². The van der Waals surface area contributed by atoms with E-state index in [4.69, 9.17) is 10.7 Å². The Kier molecular flexibility index (Phi) is 6.02. The van der Waals surface area contributed by atoms with Gasteiger partial charge in [-0.2, -0.15) is 0 Å². The normalized spacial score (nSPS) is 17.5. The molecule has 1 aliphatic carbocycles. The Hall–Kier alpha value is -4.29. The summed E-state index contributed by atoms with van der Waals surface area (Å²) in [5.74, 6) is 8.31. The SMILES string of the molecule is CC#CCN1CCC(c2nc(-c3ccc(C(=O)Nc4cc(C5CC5)ccn4)cc3)n3c(N)ncnc23)C1. The second kappa shape index (κ2) is 9.64. The minimum atomic E-state index is -0.204. The highest BCUT2D eigenvalue weighted by molar-refractivity contribution is 6.04. The number of hydrogen-bond acceptors (Lipinski definition) is 7. The van der Waals surface area contributed by atoms with Crippen molar-refractivity contribution in [1.29, 1.82) is 0 Å². The molecule has 9 nitrogen and oxygen atoms in total. The van der Waals surface area contributed by atoms with Crippen LogP contribution in [0.5, 0.6) is 0 Å². The van der Waals surface area contributed by atoms with Gasteiger partial charge in [0.25, 0.3) is 5.91 Å². The van der Waals surface area contributed by atoms with Crippen molar-refractivity contribution in [2.75, 3.05) is 30.7 Å². The van der Waals surface area contributed by atoms with Crippen LogP contribution in [-0.2, 0) is 0 Å². The highest BCUT2D eigenvalue weighted by atomic mass is 16.1. The number of rotatable bonds is 6. The van der Waals surface area contributed by atoms with Crippen LogP contribution in [0.4, 0.5) is 11.8 Å². The van der Waals surface area contributed by atoms with E-state index in [2.05, 4.69) is 37.0 Å². The summed E-state index contributed by atoms with van der Waals surface area (Å²) in [6.45, 7) is 4.46. The molecule has 1 atom stereocenters. The lowest BCUT2D eigenvalue weighted by Crippen LogP contribution is -2.20.